The van der Waals surface area contributed by atoms with E-state index in [0.29, 0.717) is 6.54 Å². The molecule has 1 aromatic heterocycles. The van der Waals surface area contributed by atoms with E-state index in [2.05, 4.69) is 130 Å². The molecule has 10 nitrogen and oxygen atoms in total. The molecule has 3 aliphatic rings. The average molecular weight is 734 g/mol. The molecule has 11 heteroatoms. The molecule has 2 unspecified atom stereocenters. The van der Waals surface area contributed by atoms with Crippen LogP contribution in [0.5, 0.6) is 0 Å². The highest BCUT2D eigenvalue weighted by molar-refractivity contribution is 6.62. The number of H-pyrrole nitrogens is 1. The Morgan fingerprint density at radius 2 is 1.50 bits per heavy atom. The van der Waals surface area contributed by atoms with Gasteiger partial charge in [-0.3, -0.25) is 4.79 Å². The fourth-order valence-electron chi connectivity index (χ4n) is 8.37. The van der Waals surface area contributed by atoms with E-state index in [4.69, 9.17) is 14.3 Å². The Labute approximate surface area is 320 Å². The van der Waals surface area contributed by atoms with Crippen LogP contribution in [0.15, 0.2) is 66.7 Å². The summed E-state index contributed by atoms with van der Waals surface area (Å²) in [7, 11) is -0.403. The van der Waals surface area contributed by atoms with E-state index in [1.807, 2.05) is 13.8 Å². The quantitative estimate of drug-likeness (QED) is 0.156. The smallest absolute Gasteiger partial charge is 0.465 e. The molecule has 3 aliphatic heterocycles. The van der Waals surface area contributed by atoms with Gasteiger partial charge in [-0.2, -0.15) is 0 Å². The molecule has 7 rings (SSSR count). The molecule has 4 atom stereocenters. The van der Waals surface area contributed by atoms with Crippen molar-refractivity contribution < 1.29 is 24.0 Å². The predicted octanol–water partition coefficient (Wildman–Crippen LogP) is 8.20. The third-order valence-electron chi connectivity index (χ3n) is 12.2. The summed E-state index contributed by atoms with van der Waals surface area (Å²) in [6.45, 7) is 19.4. The van der Waals surface area contributed by atoms with Crippen molar-refractivity contribution in [1.82, 2.24) is 20.2 Å². The number of carbonyl (C=O) groups excluding carboxylic acids is 1. The highest BCUT2D eigenvalue weighted by atomic mass is 16.7. The van der Waals surface area contributed by atoms with Crippen LogP contribution in [0, 0.1) is 5.92 Å². The van der Waals surface area contributed by atoms with Gasteiger partial charge in [0.05, 0.1) is 40.4 Å². The lowest BCUT2D eigenvalue weighted by molar-refractivity contribution is -0.135. The van der Waals surface area contributed by atoms with Crippen molar-refractivity contribution in [2.75, 3.05) is 11.4 Å². The SMILES string of the molecule is CC(C)[C@H](NC(=O)O)C(=O)N1CCC[C@H]1c1nc2ccc(C3CCC(c4ccc(B5OC(C)(C)C(C)(C)O5)cc4)N3c3ccc(C(C)(C)C)cc3)cc2[nH]1. The molecule has 3 saturated heterocycles. The van der Waals surface area contributed by atoms with Gasteiger partial charge in [-0.15, -0.1) is 0 Å². The fourth-order valence-corrected chi connectivity index (χ4v) is 8.37. The number of carboxylic acid groups (broad SMARTS) is 1. The number of imidazole rings is 1. The van der Waals surface area contributed by atoms with Gasteiger partial charge in [0, 0.05) is 12.2 Å². The van der Waals surface area contributed by atoms with Crippen LogP contribution in [0.3, 0.4) is 0 Å². The van der Waals surface area contributed by atoms with Gasteiger partial charge in [-0.25, -0.2) is 9.78 Å². The van der Waals surface area contributed by atoms with Crippen LogP contribution in [-0.4, -0.2) is 62.9 Å². The standard InChI is InChI=1S/C43H56BN5O5/c1-26(2)37(47-40(51)52)39(50)48-24-10-11-36(48)38-45-32-21-14-28(25-33(32)46-38)35-23-22-34(49(35)31-19-15-29(16-20-31)41(3,4)5)27-12-17-30(18-13-27)44-53-42(6,7)43(8,9)54-44/h12-21,25-26,34-37,47H,10-11,22-24H2,1-9H3,(H,45,46)(H,51,52)/t34?,35?,36-,37-/m0/s1. The first-order valence-corrected chi connectivity index (χ1v) is 19.6. The number of benzene rings is 3. The zero-order valence-corrected chi connectivity index (χ0v) is 33.3. The highest BCUT2D eigenvalue weighted by Crippen LogP contribution is 2.48. The minimum atomic E-state index is -1.19. The van der Waals surface area contributed by atoms with Crippen molar-refractivity contribution in [2.45, 2.75) is 129 Å². The number of amides is 2. The van der Waals surface area contributed by atoms with Gasteiger partial charge in [0.15, 0.2) is 0 Å². The second-order valence-electron chi connectivity index (χ2n) is 17.8. The van der Waals surface area contributed by atoms with Gasteiger partial charge < -0.3 is 34.5 Å². The van der Waals surface area contributed by atoms with Crippen molar-refractivity contribution >= 4 is 41.3 Å². The number of hydrogen-bond acceptors (Lipinski definition) is 6. The summed E-state index contributed by atoms with van der Waals surface area (Å²) in [6, 6.07) is 23.6. The molecule has 0 aliphatic carbocycles. The molecule has 286 valence electrons. The van der Waals surface area contributed by atoms with E-state index in [-0.39, 0.29) is 35.4 Å². The molecule has 3 fully saturated rings. The van der Waals surface area contributed by atoms with Crippen LogP contribution in [0.1, 0.15) is 129 Å². The second-order valence-corrected chi connectivity index (χ2v) is 17.8. The van der Waals surface area contributed by atoms with Gasteiger partial charge in [0.25, 0.3) is 0 Å². The Hall–Kier alpha value is -4.35. The van der Waals surface area contributed by atoms with E-state index in [1.54, 1.807) is 4.90 Å². The average Bonchev–Trinajstić information content (AvgIpc) is 3.90. The van der Waals surface area contributed by atoms with Crippen molar-refractivity contribution in [3.8, 4) is 0 Å². The number of rotatable bonds is 8. The second kappa shape index (κ2) is 14.1. The van der Waals surface area contributed by atoms with Crippen LogP contribution in [0.25, 0.3) is 11.0 Å². The zero-order valence-electron chi connectivity index (χ0n) is 33.3. The maximum atomic E-state index is 13.6. The van der Waals surface area contributed by atoms with E-state index in [9.17, 15) is 14.7 Å². The Morgan fingerprint density at radius 3 is 2.09 bits per heavy atom. The molecular weight excluding hydrogens is 677 g/mol. The normalized spacial score (nSPS) is 23.1. The molecule has 3 N–H and O–H groups in total. The lowest BCUT2D eigenvalue weighted by Crippen LogP contribution is -2.50. The number of carbonyl (C=O) groups is 2. The van der Waals surface area contributed by atoms with Gasteiger partial charge in [-0.1, -0.05) is 77.1 Å². The first-order chi connectivity index (χ1) is 25.4. The maximum Gasteiger partial charge on any atom is 0.494 e. The molecule has 0 bridgehead atoms. The third kappa shape index (κ3) is 7.13. The number of fused-ring (bicyclic) bond motifs is 1. The first-order valence-electron chi connectivity index (χ1n) is 19.6. The lowest BCUT2D eigenvalue weighted by Gasteiger charge is -2.34. The molecule has 3 aromatic carbocycles. The first kappa shape index (κ1) is 37.9. The van der Waals surface area contributed by atoms with E-state index >= 15 is 0 Å². The summed E-state index contributed by atoms with van der Waals surface area (Å²) in [4.78, 5) is 38.0. The highest BCUT2D eigenvalue weighted by Gasteiger charge is 2.51. The molecule has 0 radical (unpaired) electrons. The Kier molecular flexibility index (Phi) is 9.88. The van der Waals surface area contributed by atoms with Crippen molar-refractivity contribution in [2.24, 2.45) is 5.92 Å². The monoisotopic (exact) mass is 733 g/mol. The summed E-state index contributed by atoms with van der Waals surface area (Å²) in [6.07, 6.45) is 2.39. The summed E-state index contributed by atoms with van der Waals surface area (Å²) in [5.74, 6) is 0.362. The van der Waals surface area contributed by atoms with Crippen LogP contribution in [0.4, 0.5) is 10.5 Å². The lowest BCUT2D eigenvalue weighted by atomic mass is 9.78. The number of anilines is 1. The molecule has 2 amide bonds. The molecule has 4 heterocycles. The summed E-state index contributed by atoms with van der Waals surface area (Å²) >= 11 is 0. The van der Waals surface area contributed by atoms with E-state index < -0.39 is 30.5 Å². The fraction of sp³-hybridized carbons (Fsp3) is 0.512. The molecule has 4 aromatic rings. The minimum Gasteiger partial charge on any atom is -0.465 e. The number of nitrogens with one attached hydrogen (secondary N) is 2. The Morgan fingerprint density at radius 1 is 0.889 bits per heavy atom. The summed E-state index contributed by atoms with van der Waals surface area (Å²) in [5.41, 5.74) is 7.02. The maximum absolute atomic E-state index is 13.6. The van der Waals surface area contributed by atoms with Crippen molar-refractivity contribution in [3.63, 3.8) is 0 Å². The Balaban J connectivity index is 1.18. The van der Waals surface area contributed by atoms with Crippen molar-refractivity contribution in [3.05, 3.63) is 89.2 Å². The third-order valence-corrected chi connectivity index (χ3v) is 12.2. The molecular formula is C43H56BN5O5. The molecule has 0 spiro atoms. The Bertz CT molecular complexity index is 1990. The van der Waals surface area contributed by atoms with Crippen LogP contribution in [-0.2, 0) is 19.5 Å². The minimum absolute atomic E-state index is 0.0526. The van der Waals surface area contributed by atoms with E-state index in [1.165, 1.54) is 22.4 Å². The number of nitrogens with zero attached hydrogens (tertiary/aromatic N) is 3. The molecule has 0 saturated carbocycles. The van der Waals surface area contributed by atoms with Crippen LogP contribution >= 0.6 is 0 Å². The van der Waals surface area contributed by atoms with E-state index in [0.717, 1.165) is 48.0 Å². The number of aromatic amines is 1. The number of likely N-dealkylation sites (tertiary alicyclic amines) is 1. The van der Waals surface area contributed by atoms with Crippen LogP contribution in [0.2, 0.25) is 0 Å². The number of hydrogen-bond donors (Lipinski definition) is 3. The summed E-state index contributed by atoms with van der Waals surface area (Å²) < 4.78 is 12.7. The van der Waals surface area contributed by atoms with Gasteiger partial charge in [-0.05, 0) is 111 Å². The summed E-state index contributed by atoms with van der Waals surface area (Å²) in [5, 5.41) is 11.8. The predicted molar refractivity (Wildman–Crippen MR) is 214 cm³/mol. The number of aromatic nitrogens is 2. The largest absolute Gasteiger partial charge is 0.494 e. The van der Waals surface area contributed by atoms with Gasteiger partial charge >= 0.3 is 13.2 Å². The van der Waals surface area contributed by atoms with Gasteiger partial charge in [0.1, 0.15) is 11.9 Å². The zero-order chi connectivity index (χ0) is 38.7. The van der Waals surface area contributed by atoms with Crippen molar-refractivity contribution in [1.29, 1.82) is 0 Å². The van der Waals surface area contributed by atoms with Gasteiger partial charge in [0.2, 0.25) is 5.91 Å². The van der Waals surface area contributed by atoms with Crippen LogP contribution < -0.4 is 15.7 Å². The topological polar surface area (TPSA) is 120 Å². The molecule has 54 heavy (non-hydrogen) atoms.